The lowest BCUT2D eigenvalue weighted by molar-refractivity contribution is 0.432. The summed E-state index contributed by atoms with van der Waals surface area (Å²) >= 11 is 1.19. The largest absolute Gasteiger partial charge is 0.279 e. The topological polar surface area (TPSA) is 72.0 Å². The van der Waals surface area contributed by atoms with Crippen molar-refractivity contribution in [3.05, 3.63) is 72.3 Å². The first-order valence-electron chi connectivity index (χ1n) is 7.08. The van der Waals surface area contributed by atoms with E-state index in [-0.39, 0.29) is 5.69 Å². The Morgan fingerprint density at radius 3 is 2.38 bits per heavy atom. The molecule has 0 saturated carbocycles. The third-order valence-electron chi connectivity index (χ3n) is 3.12. The minimum atomic E-state index is -4.46. The standard InChI is InChI=1S/C16H10F3N3O2S2/c17-11-4-5-12(16(19)15(11)18)26(23,24)22-10-6-8-21-14(9-10)25-13-3-1-2-7-20-13/h1-9H,(H,21,22). The van der Waals surface area contributed by atoms with Gasteiger partial charge in [0, 0.05) is 12.4 Å². The van der Waals surface area contributed by atoms with Crippen LogP contribution in [0.4, 0.5) is 18.9 Å². The molecule has 5 nitrogen and oxygen atoms in total. The smallest absolute Gasteiger partial charge is 0.264 e. The molecular formula is C16H10F3N3O2S2. The van der Waals surface area contributed by atoms with Crippen molar-refractivity contribution in [3.63, 3.8) is 0 Å². The summed E-state index contributed by atoms with van der Waals surface area (Å²) in [5.41, 5.74) is 0.0857. The molecule has 2 aromatic heterocycles. The van der Waals surface area contributed by atoms with E-state index in [1.165, 1.54) is 30.1 Å². The number of hydrogen-bond donors (Lipinski definition) is 1. The molecule has 0 aliphatic heterocycles. The van der Waals surface area contributed by atoms with Crippen molar-refractivity contribution in [2.75, 3.05) is 4.72 Å². The SMILES string of the molecule is O=S(=O)(Nc1ccnc(Sc2ccccn2)c1)c1ccc(F)c(F)c1F. The Kier molecular flexibility index (Phi) is 5.14. The molecule has 1 N–H and O–H groups in total. The zero-order chi connectivity index (χ0) is 18.7. The summed E-state index contributed by atoms with van der Waals surface area (Å²) < 4.78 is 66.7. The lowest BCUT2D eigenvalue weighted by Gasteiger charge is -2.10. The lowest BCUT2D eigenvalue weighted by atomic mass is 10.3. The van der Waals surface area contributed by atoms with Gasteiger partial charge in [-0.1, -0.05) is 17.8 Å². The van der Waals surface area contributed by atoms with E-state index in [1.807, 2.05) is 0 Å². The van der Waals surface area contributed by atoms with Gasteiger partial charge in [0.15, 0.2) is 17.5 Å². The number of pyridine rings is 2. The van der Waals surface area contributed by atoms with Crippen LogP contribution in [0.25, 0.3) is 0 Å². The zero-order valence-corrected chi connectivity index (χ0v) is 14.5. The van der Waals surface area contributed by atoms with E-state index in [0.717, 1.165) is 0 Å². The quantitative estimate of drug-likeness (QED) is 0.662. The molecule has 0 bridgehead atoms. The highest BCUT2D eigenvalue weighted by atomic mass is 32.2. The fourth-order valence-corrected chi connectivity index (χ4v) is 3.86. The number of sulfonamides is 1. The van der Waals surface area contributed by atoms with E-state index in [2.05, 4.69) is 14.7 Å². The summed E-state index contributed by atoms with van der Waals surface area (Å²) in [5.74, 6) is -5.11. The predicted molar refractivity (Wildman–Crippen MR) is 89.7 cm³/mol. The number of benzene rings is 1. The maximum Gasteiger partial charge on any atom is 0.264 e. The average Bonchev–Trinajstić information content (AvgIpc) is 2.60. The molecule has 0 fully saturated rings. The maximum atomic E-state index is 13.8. The summed E-state index contributed by atoms with van der Waals surface area (Å²) in [6.07, 6.45) is 2.95. The predicted octanol–water partition coefficient (Wildman–Crippen LogP) is 3.85. The van der Waals surface area contributed by atoms with E-state index in [1.54, 1.807) is 24.4 Å². The molecule has 2 heterocycles. The molecule has 10 heteroatoms. The Morgan fingerprint density at radius 2 is 1.65 bits per heavy atom. The Hall–Kier alpha value is -2.59. The highest BCUT2D eigenvalue weighted by Crippen LogP contribution is 2.27. The molecular weight excluding hydrogens is 387 g/mol. The minimum Gasteiger partial charge on any atom is -0.279 e. The van der Waals surface area contributed by atoms with Crippen LogP contribution in [0.2, 0.25) is 0 Å². The molecule has 3 aromatic rings. The van der Waals surface area contributed by atoms with Crippen molar-refractivity contribution in [1.29, 1.82) is 0 Å². The summed E-state index contributed by atoms with van der Waals surface area (Å²) in [7, 11) is -4.46. The monoisotopic (exact) mass is 397 g/mol. The van der Waals surface area contributed by atoms with Gasteiger partial charge < -0.3 is 0 Å². The highest BCUT2D eigenvalue weighted by molar-refractivity contribution is 7.99. The number of halogens is 3. The number of anilines is 1. The van der Waals surface area contributed by atoms with Crippen molar-refractivity contribution in [1.82, 2.24) is 9.97 Å². The third kappa shape index (κ3) is 3.97. The fraction of sp³-hybridized carbons (Fsp3) is 0. The van der Waals surface area contributed by atoms with Gasteiger partial charge in [0.2, 0.25) is 0 Å². The summed E-state index contributed by atoms with van der Waals surface area (Å²) in [4.78, 5) is 7.20. The maximum absolute atomic E-state index is 13.8. The zero-order valence-electron chi connectivity index (χ0n) is 12.9. The molecule has 0 aliphatic carbocycles. The molecule has 0 unspecified atom stereocenters. The Labute approximate surface area is 151 Å². The average molecular weight is 397 g/mol. The van der Waals surface area contributed by atoms with Crippen LogP contribution in [0.15, 0.2) is 69.8 Å². The number of nitrogens with one attached hydrogen (secondary N) is 1. The van der Waals surface area contributed by atoms with Crippen molar-refractivity contribution in [3.8, 4) is 0 Å². The number of rotatable bonds is 5. The molecule has 0 atom stereocenters. The number of nitrogens with zero attached hydrogens (tertiary/aromatic N) is 2. The fourth-order valence-electron chi connectivity index (χ4n) is 1.97. The molecule has 3 rings (SSSR count). The van der Waals surface area contributed by atoms with E-state index < -0.39 is 32.4 Å². The third-order valence-corrected chi connectivity index (χ3v) is 5.41. The van der Waals surface area contributed by atoms with Crippen molar-refractivity contribution < 1.29 is 21.6 Å². The van der Waals surface area contributed by atoms with Crippen molar-refractivity contribution in [2.24, 2.45) is 0 Å². The van der Waals surface area contributed by atoms with Gasteiger partial charge in [0.25, 0.3) is 10.0 Å². The van der Waals surface area contributed by atoms with Crippen molar-refractivity contribution in [2.45, 2.75) is 14.9 Å². The van der Waals surface area contributed by atoms with Crippen molar-refractivity contribution >= 4 is 27.5 Å². The van der Waals surface area contributed by atoms with E-state index >= 15 is 0 Å². The Balaban J connectivity index is 1.87. The van der Waals surface area contributed by atoms with Gasteiger partial charge in [-0.15, -0.1) is 0 Å². The van der Waals surface area contributed by atoms with Gasteiger partial charge in [0.05, 0.1) is 5.69 Å². The van der Waals surface area contributed by atoms with Crippen LogP contribution in [-0.4, -0.2) is 18.4 Å². The van der Waals surface area contributed by atoms with Crippen LogP contribution in [0.3, 0.4) is 0 Å². The van der Waals surface area contributed by atoms with Crippen LogP contribution >= 0.6 is 11.8 Å². The normalized spacial score (nSPS) is 11.3. The lowest BCUT2D eigenvalue weighted by Crippen LogP contribution is -2.16. The van der Waals surface area contributed by atoms with Gasteiger partial charge in [-0.25, -0.2) is 31.6 Å². The molecule has 0 spiro atoms. The minimum absolute atomic E-state index is 0.0857. The van der Waals surface area contributed by atoms with Crippen LogP contribution < -0.4 is 4.72 Å². The van der Waals surface area contributed by atoms with Crippen LogP contribution in [-0.2, 0) is 10.0 Å². The molecule has 0 amide bonds. The van der Waals surface area contributed by atoms with E-state index in [4.69, 9.17) is 0 Å². The van der Waals surface area contributed by atoms with E-state index in [0.29, 0.717) is 22.2 Å². The number of aromatic nitrogens is 2. The molecule has 26 heavy (non-hydrogen) atoms. The second-order valence-corrected chi connectivity index (χ2v) is 7.62. The van der Waals surface area contributed by atoms with Gasteiger partial charge in [-0.05, 0) is 36.4 Å². The second kappa shape index (κ2) is 7.34. The molecule has 0 aliphatic rings. The molecule has 1 aromatic carbocycles. The first-order valence-corrected chi connectivity index (χ1v) is 9.38. The molecule has 0 saturated heterocycles. The first-order chi connectivity index (χ1) is 12.4. The highest BCUT2D eigenvalue weighted by Gasteiger charge is 2.24. The van der Waals surface area contributed by atoms with Crippen LogP contribution in [0, 0.1) is 17.5 Å². The number of hydrogen-bond acceptors (Lipinski definition) is 5. The van der Waals surface area contributed by atoms with Gasteiger partial charge in [0.1, 0.15) is 14.9 Å². The summed E-state index contributed by atoms with van der Waals surface area (Å²) in [6, 6.07) is 9.24. The second-order valence-electron chi connectivity index (χ2n) is 4.93. The molecule has 0 radical (unpaired) electrons. The van der Waals surface area contributed by atoms with Gasteiger partial charge in [-0.2, -0.15) is 0 Å². The first kappa shape index (κ1) is 18.2. The molecule has 134 valence electrons. The van der Waals surface area contributed by atoms with Gasteiger partial charge >= 0.3 is 0 Å². The van der Waals surface area contributed by atoms with Crippen LogP contribution in [0.1, 0.15) is 0 Å². The van der Waals surface area contributed by atoms with Crippen LogP contribution in [0.5, 0.6) is 0 Å². The van der Waals surface area contributed by atoms with Gasteiger partial charge in [-0.3, -0.25) is 4.72 Å². The Bertz CT molecular complexity index is 1050. The Morgan fingerprint density at radius 1 is 0.885 bits per heavy atom. The summed E-state index contributed by atoms with van der Waals surface area (Å²) in [5, 5.41) is 1.08. The van der Waals surface area contributed by atoms with E-state index in [9.17, 15) is 21.6 Å². The summed E-state index contributed by atoms with van der Waals surface area (Å²) in [6.45, 7) is 0.